The molecular formula is C14H12BrN5O. The van der Waals surface area contributed by atoms with E-state index in [1.807, 2.05) is 24.3 Å². The van der Waals surface area contributed by atoms with Crippen LogP contribution in [0.3, 0.4) is 0 Å². The fourth-order valence-corrected chi connectivity index (χ4v) is 2.86. The van der Waals surface area contributed by atoms with Gasteiger partial charge in [-0.2, -0.15) is 4.98 Å². The summed E-state index contributed by atoms with van der Waals surface area (Å²) in [5, 5.41) is 7.45. The van der Waals surface area contributed by atoms with Crippen molar-refractivity contribution in [1.29, 1.82) is 0 Å². The van der Waals surface area contributed by atoms with Crippen LogP contribution in [0, 0.1) is 0 Å². The van der Waals surface area contributed by atoms with Crippen molar-refractivity contribution in [3.05, 3.63) is 52.3 Å². The Morgan fingerprint density at radius 1 is 1.33 bits per heavy atom. The summed E-state index contributed by atoms with van der Waals surface area (Å²) < 4.78 is 6.40. The van der Waals surface area contributed by atoms with Gasteiger partial charge in [0.05, 0.1) is 23.8 Å². The van der Waals surface area contributed by atoms with Crippen molar-refractivity contribution in [3.63, 3.8) is 0 Å². The highest BCUT2D eigenvalue weighted by molar-refractivity contribution is 9.10. The van der Waals surface area contributed by atoms with Gasteiger partial charge >= 0.3 is 0 Å². The zero-order chi connectivity index (χ0) is 14.2. The summed E-state index contributed by atoms with van der Waals surface area (Å²) in [6, 6.07) is 7.85. The number of nitrogens with one attached hydrogen (secondary N) is 2. The lowest BCUT2D eigenvalue weighted by molar-refractivity contribution is 0.319. The van der Waals surface area contributed by atoms with Crippen molar-refractivity contribution in [2.75, 3.05) is 0 Å². The van der Waals surface area contributed by atoms with Gasteiger partial charge in [-0.1, -0.05) is 33.2 Å². The van der Waals surface area contributed by atoms with E-state index in [-0.39, 0.29) is 6.04 Å². The number of fused-ring (bicyclic) bond motifs is 1. The maximum absolute atomic E-state index is 5.41. The predicted molar refractivity (Wildman–Crippen MR) is 79.3 cm³/mol. The normalized spacial score (nSPS) is 17.7. The van der Waals surface area contributed by atoms with E-state index in [0.29, 0.717) is 11.7 Å². The molecule has 1 aliphatic heterocycles. The lowest BCUT2D eigenvalue weighted by atomic mass is 10.1. The Kier molecular flexibility index (Phi) is 3.08. The number of benzene rings is 1. The number of aromatic nitrogens is 4. The monoisotopic (exact) mass is 345 g/mol. The number of imidazole rings is 1. The van der Waals surface area contributed by atoms with E-state index in [1.54, 1.807) is 6.33 Å². The van der Waals surface area contributed by atoms with Crippen LogP contribution in [0.4, 0.5) is 0 Å². The molecule has 1 aliphatic rings. The van der Waals surface area contributed by atoms with Gasteiger partial charge in [0.25, 0.3) is 0 Å². The second-order valence-electron chi connectivity index (χ2n) is 4.93. The van der Waals surface area contributed by atoms with Crippen LogP contribution in [-0.4, -0.2) is 20.1 Å². The summed E-state index contributed by atoms with van der Waals surface area (Å²) in [5.74, 6) is 1.19. The van der Waals surface area contributed by atoms with E-state index >= 15 is 0 Å². The van der Waals surface area contributed by atoms with Gasteiger partial charge in [0.2, 0.25) is 11.7 Å². The molecule has 106 valence electrons. The maximum atomic E-state index is 5.41. The van der Waals surface area contributed by atoms with Crippen molar-refractivity contribution in [1.82, 2.24) is 25.4 Å². The molecule has 0 saturated heterocycles. The van der Waals surface area contributed by atoms with E-state index in [0.717, 1.165) is 34.4 Å². The van der Waals surface area contributed by atoms with Gasteiger partial charge < -0.3 is 9.51 Å². The third-order valence-electron chi connectivity index (χ3n) is 3.55. The first-order chi connectivity index (χ1) is 10.3. The molecule has 2 N–H and O–H groups in total. The smallest absolute Gasteiger partial charge is 0.244 e. The Morgan fingerprint density at radius 2 is 2.29 bits per heavy atom. The Labute approximate surface area is 129 Å². The van der Waals surface area contributed by atoms with Crippen LogP contribution in [0.1, 0.15) is 23.3 Å². The van der Waals surface area contributed by atoms with E-state index in [1.165, 1.54) is 0 Å². The van der Waals surface area contributed by atoms with Crippen LogP contribution in [0.2, 0.25) is 0 Å². The summed E-state index contributed by atoms with van der Waals surface area (Å²) in [6.07, 6.45) is 2.47. The highest BCUT2D eigenvalue weighted by Gasteiger charge is 2.26. The fourth-order valence-electron chi connectivity index (χ4n) is 2.47. The molecular weight excluding hydrogens is 334 g/mol. The molecule has 1 aromatic carbocycles. The molecule has 7 heteroatoms. The zero-order valence-corrected chi connectivity index (χ0v) is 12.6. The van der Waals surface area contributed by atoms with Gasteiger partial charge in [-0.3, -0.25) is 5.32 Å². The Hall–Kier alpha value is -1.99. The van der Waals surface area contributed by atoms with Crippen LogP contribution in [-0.2, 0) is 13.0 Å². The summed E-state index contributed by atoms with van der Waals surface area (Å²) in [7, 11) is 0. The minimum Gasteiger partial charge on any atom is -0.347 e. The minimum atomic E-state index is 0.00852. The number of halogens is 1. The van der Waals surface area contributed by atoms with Gasteiger partial charge in [-0.25, -0.2) is 4.98 Å². The molecule has 0 spiro atoms. The topological polar surface area (TPSA) is 79.6 Å². The third-order valence-corrected chi connectivity index (χ3v) is 4.05. The van der Waals surface area contributed by atoms with E-state index < -0.39 is 0 Å². The molecule has 3 aromatic rings. The third kappa shape index (κ3) is 2.38. The first-order valence-corrected chi connectivity index (χ1v) is 7.43. The average Bonchev–Trinajstić information content (AvgIpc) is 3.15. The Bertz CT molecular complexity index is 781. The van der Waals surface area contributed by atoms with Crippen LogP contribution in [0.25, 0.3) is 11.4 Å². The SMILES string of the molecule is Brc1cccc(-c2noc(C3Cc4nc[nH]c4CN3)n2)c1. The van der Waals surface area contributed by atoms with Crippen LogP contribution in [0.5, 0.6) is 0 Å². The van der Waals surface area contributed by atoms with E-state index in [4.69, 9.17) is 4.52 Å². The fraction of sp³-hybridized carbons (Fsp3) is 0.214. The average molecular weight is 346 g/mol. The van der Waals surface area contributed by atoms with Crippen LogP contribution < -0.4 is 5.32 Å². The Morgan fingerprint density at radius 3 is 3.19 bits per heavy atom. The van der Waals surface area contributed by atoms with Crippen LogP contribution in [0.15, 0.2) is 39.6 Å². The molecule has 6 nitrogen and oxygen atoms in total. The summed E-state index contributed by atoms with van der Waals surface area (Å²) in [4.78, 5) is 11.9. The minimum absolute atomic E-state index is 0.00852. The van der Waals surface area contributed by atoms with E-state index in [2.05, 4.69) is 41.4 Å². The van der Waals surface area contributed by atoms with E-state index in [9.17, 15) is 0 Å². The van der Waals surface area contributed by atoms with Gasteiger partial charge in [-0.15, -0.1) is 0 Å². The highest BCUT2D eigenvalue weighted by Crippen LogP contribution is 2.25. The summed E-state index contributed by atoms with van der Waals surface area (Å²) in [5.41, 5.74) is 3.11. The second kappa shape index (κ2) is 5.09. The molecule has 0 saturated carbocycles. The molecule has 3 heterocycles. The molecule has 0 bridgehead atoms. The van der Waals surface area contributed by atoms with Crippen molar-refractivity contribution >= 4 is 15.9 Å². The maximum Gasteiger partial charge on any atom is 0.244 e. The quantitative estimate of drug-likeness (QED) is 0.746. The molecule has 1 atom stereocenters. The molecule has 4 rings (SSSR count). The molecule has 21 heavy (non-hydrogen) atoms. The predicted octanol–water partition coefficient (Wildman–Crippen LogP) is 2.61. The first kappa shape index (κ1) is 12.7. The molecule has 0 aliphatic carbocycles. The molecule has 1 unspecified atom stereocenters. The zero-order valence-electron chi connectivity index (χ0n) is 11.0. The lowest BCUT2D eigenvalue weighted by Crippen LogP contribution is -2.28. The van der Waals surface area contributed by atoms with Crippen molar-refractivity contribution in [2.24, 2.45) is 0 Å². The second-order valence-corrected chi connectivity index (χ2v) is 5.85. The standard InChI is InChI=1S/C14H12BrN5O/c15-9-3-1-2-8(4-9)13-19-14(21-20-13)11-5-10-12(6-16-11)18-7-17-10/h1-4,7,11,16H,5-6H2,(H,17,18). The molecule has 2 aromatic heterocycles. The van der Waals surface area contributed by atoms with Gasteiger partial charge in [0.15, 0.2) is 0 Å². The Balaban J connectivity index is 1.61. The summed E-state index contributed by atoms with van der Waals surface area (Å²) >= 11 is 3.45. The van der Waals surface area contributed by atoms with Gasteiger partial charge in [-0.05, 0) is 12.1 Å². The number of rotatable bonds is 2. The largest absolute Gasteiger partial charge is 0.347 e. The number of hydrogen-bond acceptors (Lipinski definition) is 5. The molecule has 0 amide bonds. The summed E-state index contributed by atoms with van der Waals surface area (Å²) in [6.45, 7) is 0.731. The van der Waals surface area contributed by atoms with Gasteiger partial charge in [0.1, 0.15) is 0 Å². The number of H-pyrrole nitrogens is 1. The molecule has 0 radical (unpaired) electrons. The number of hydrogen-bond donors (Lipinski definition) is 2. The van der Waals surface area contributed by atoms with Crippen LogP contribution >= 0.6 is 15.9 Å². The highest BCUT2D eigenvalue weighted by atomic mass is 79.9. The first-order valence-electron chi connectivity index (χ1n) is 6.63. The van der Waals surface area contributed by atoms with Crippen molar-refractivity contribution < 1.29 is 4.52 Å². The number of aromatic amines is 1. The van der Waals surface area contributed by atoms with Crippen molar-refractivity contribution in [2.45, 2.75) is 19.0 Å². The van der Waals surface area contributed by atoms with Gasteiger partial charge in [0, 0.05) is 23.0 Å². The van der Waals surface area contributed by atoms with Crippen molar-refractivity contribution in [3.8, 4) is 11.4 Å². The number of nitrogens with zero attached hydrogens (tertiary/aromatic N) is 3. The lowest BCUT2D eigenvalue weighted by Gasteiger charge is -2.19. The molecule has 0 fully saturated rings.